The van der Waals surface area contributed by atoms with Gasteiger partial charge in [-0.1, -0.05) is 12.1 Å². The van der Waals surface area contributed by atoms with E-state index in [9.17, 15) is 4.79 Å². The summed E-state index contributed by atoms with van der Waals surface area (Å²) in [7, 11) is 3.45. The molecule has 1 aromatic heterocycles. The van der Waals surface area contributed by atoms with E-state index in [1.807, 2.05) is 37.5 Å². The summed E-state index contributed by atoms with van der Waals surface area (Å²) in [5.74, 6) is 0.477. The molecule has 0 aliphatic heterocycles. The van der Waals surface area contributed by atoms with Crippen molar-refractivity contribution in [2.75, 3.05) is 12.5 Å². The van der Waals surface area contributed by atoms with Gasteiger partial charge in [-0.25, -0.2) is 0 Å². The van der Waals surface area contributed by atoms with E-state index in [0.717, 1.165) is 21.4 Å². The summed E-state index contributed by atoms with van der Waals surface area (Å²) in [4.78, 5) is 12.2. The van der Waals surface area contributed by atoms with Gasteiger partial charge in [-0.15, -0.1) is 0 Å². The van der Waals surface area contributed by atoms with Gasteiger partial charge in [-0.05, 0) is 52.3 Å². The topological polar surface area (TPSA) is 68.2 Å². The number of nitrogens with one attached hydrogen (secondary N) is 2. The van der Waals surface area contributed by atoms with Gasteiger partial charge >= 0.3 is 0 Å². The number of rotatable bonds is 5. The van der Waals surface area contributed by atoms with Gasteiger partial charge in [0, 0.05) is 24.4 Å². The summed E-state index contributed by atoms with van der Waals surface area (Å²) < 4.78 is 7.74. The highest BCUT2D eigenvalue weighted by Crippen LogP contribution is 2.27. The molecule has 0 bridgehead atoms. The van der Waals surface area contributed by atoms with Crippen LogP contribution in [0.25, 0.3) is 11.3 Å². The minimum Gasteiger partial charge on any atom is -0.497 e. The van der Waals surface area contributed by atoms with E-state index < -0.39 is 0 Å². The van der Waals surface area contributed by atoms with E-state index in [0.29, 0.717) is 11.3 Å². The number of benzene rings is 2. The van der Waals surface area contributed by atoms with Crippen LogP contribution in [0.4, 0.5) is 5.69 Å². The van der Waals surface area contributed by atoms with Crippen LogP contribution in [0, 0.1) is 0 Å². The molecular weight excluding hydrogens is 384 g/mol. The molecule has 1 amide bonds. The summed E-state index contributed by atoms with van der Waals surface area (Å²) >= 11 is 3.50. The first-order valence-electron chi connectivity index (χ1n) is 7.57. The van der Waals surface area contributed by atoms with Crippen molar-refractivity contribution in [2.24, 2.45) is 7.05 Å². The lowest BCUT2D eigenvalue weighted by molar-refractivity contribution is 0.0962. The molecule has 3 aromatic rings. The third-order valence-corrected chi connectivity index (χ3v) is 4.17. The first-order chi connectivity index (χ1) is 12.1. The number of aromatic nitrogens is 2. The highest BCUT2D eigenvalue weighted by molar-refractivity contribution is 9.10. The molecule has 2 N–H and O–H groups in total. The molecule has 0 spiro atoms. The van der Waals surface area contributed by atoms with Crippen LogP contribution >= 0.6 is 15.9 Å². The molecule has 0 unspecified atom stereocenters. The molecular formula is C18H17BrN4O2. The van der Waals surface area contributed by atoms with Crippen LogP contribution in [0.2, 0.25) is 0 Å². The highest BCUT2D eigenvalue weighted by Gasteiger charge is 2.09. The van der Waals surface area contributed by atoms with Gasteiger partial charge in [0.25, 0.3) is 5.91 Å². The molecule has 0 atom stereocenters. The number of aryl methyl sites for hydroxylation is 1. The molecule has 7 heteroatoms. The van der Waals surface area contributed by atoms with Gasteiger partial charge in [0.05, 0.1) is 17.3 Å². The quantitative estimate of drug-likeness (QED) is 0.641. The number of hydrogen-bond donors (Lipinski definition) is 2. The minimum absolute atomic E-state index is 0.230. The van der Waals surface area contributed by atoms with Crippen molar-refractivity contribution in [3.8, 4) is 17.0 Å². The Hall–Kier alpha value is -2.80. The summed E-state index contributed by atoms with van der Waals surface area (Å²) in [6.07, 6.45) is 1.89. The molecule has 6 nitrogen and oxygen atoms in total. The lowest BCUT2D eigenvalue weighted by atomic mass is 10.1. The van der Waals surface area contributed by atoms with Crippen molar-refractivity contribution in [1.82, 2.24) is 15.2 Å². The van der Waals surface area contributed by atoms with Crippen molar-refractivity contribution in [1.29, 1.82) is 0 Å². The third-order valence-electron chi connectivity index (χ3n) is 3.59. The second kappa shape index (κ2) is 7.40. The fraction of sp³-hybridized carbons (Fsp3) is 0.111. The normalized spacial score (nSPS) is 10.4. The van der Waals surface area contributed by atoms with Gasteiger partial charge in [0.1, 0.15) is 11.4 Å². The van der Waals surface area contributed by atoms with Crippen LogP contribution in [-0.4, -0.2) is 22.8 Å². The monoisotopic (exact) mass is 400 g/mol. The molecule has 128 valence electrons. The molecule has 0 saturated heterocycles. The van der Waals surface area contributed by atoms with Gasteiger partial charge in [0.15, 0.2) is 0 Å². The van der Waals surface area contributed by atoms with Gasteiger partial charge in [-0.2, -0.15) is 5.10 Å². The lowest BCUT2D eigenvalue weighted by Gasteiger charge is -2.10. The van der Waals surface area contributed by atoms with Gasteiger partial charge in [-0.3, -0.25) is 20.3 Å². The standard InChI is InChI=1S/C18H17BrN4O2/c1-23-11-16(19)17(22-23)13-4-3-5-14(10-13)20-21-18(24)12-6-8-15(25-2)9-7-12/h3-11,20H,1-2H3,(H,21,24). The molecule has 0 fully saturated rings. The average Bonchev–Trinajstić information content (AvgIpc) is 2.98. The molecule has 3 rings (SSSR count). The summed E-state index contributed by atoms with van der Waals surface area (Å²) in [6.45, 7) is 0. The average molecular weight is 401 g/mol. The number of halogens is 1. The van der Waals surface area contributed by atoms with Crippen LogP contribution in [0.15, 0.2) is 59.2 Å². The van der Waals surface area contributed by atoms with Crippen LogP contribution in [0.1, 0.15) is 10.4 Å². The maximum atomic E-state index is 12.2. The second-order valence-electron chi connectivity index (χ2n) is 5.39. The Balaban J connectivity index is 1.70. The van der Waals surface area contributed by atoms with Crippen molar-refractivity contribution in [2.45, 2.75) is 0 Å². The fourth-order valence-corrected chi connectivity index (χ4v) is 2.95. The number of amides is 1. The first-order valence-corrected chi connectivity index (χ1v) is 8.36. The zero-order valence-electron chi connectivity index (χ0n) is 13.8. The number of methoxy groups -OCH3 is 1. The van der Waals surface area contributed by atoms with Crippen LogP contribution < -0.4 is 15.6 Å². The van der Waals surface area contributed by atoms with Gasteiger partial charge in [0.2, 0.25) is 0 Å². The van der Waals surface area contributed by atoms with Crippen molar-refractivity contribution in [3.05, 3.63) is 64.8 Å². The Labute approximate surface area is 153 Å². The van der Waals surface area contributed by atoms with E-state index in [1.165, 1.54) is 0 Å². The predicted molar refractivity (Wildman–Crippen MR) is 100 cm³/mol. The van der Waals surface area contributed by atoms with Crippen molar-refractivity contribution in [3.63, 3.8) is 0 Å². The second-order valence-corrected chi connectivity index (χ2v) is 6.24. The smallest absolute Gasteiger partial charge is 0.269 e. The maximum Gasteiger partial charge on any atom is 0.269 e. The van der Waals surface area contributed by atoms with Crippen LogP contribution in [-0.2, 0) is 7.05 Å². The number of nitrogens with zero attached hydrogens (tertiary/aromatic N) is 2. The fourth-order valence-electron chi connectivity index (χ4n) is 2.34. The number of ether oxygens (including phenoxy) is 1. The highest BCUT2D eigenvalue weighted by atomic mass is 79.9. The van der Waals surface area contributed by atoms with Crippen LogP contribution in [0.5, 0.6) is 5.75 Å². The van der Waals surface area contributed by atoms with Crippen molar-refractivity contribution >= 4 is 27.5 Å². The van der Waals surface area contributed by atoms with Gasteiger partial charge < -0.3 is 4.74 Å². The maximum absolute atomic E-state index is 12.2. The molecule has 0 aliphatic rings. The lowest BCUT2D eigenvalue weighted by Crippen LogP contribution is -2.29. The molecule has 0 radical (unpaired) electrons. The molecule has 2 aromatic carbocycles. The molecule has 1 heterocycles. The molecule has 25 heavy (non-hydrogen) atoms. The summed E-state index contributed by atoms with van der Waals surface area (Å²) in [6, 6.07) is 14.6. The summed E-state index contributed by atoms with van der Waals surface area (Å²) in [5.41, 5.74) is 8.69. The zero-order valence-corrected chi connectivity index (χ0v) is 15.4. The number of hydrogen-bond acceptors (Lipinski definition) is 4. The van der Waals surface area contributed by atoms with Crippen LogP contribution in [0.3, 0.4) is 0 Å². The zero-order chi connectivity index (χ0) is 17.8. The van der Waals surface area contributed by atoms with E-state index in [1.54, 1.807) is 36.1 Å². The minimum atomic E-state index is -0.230. The SMILES string of the molecule is COc1ccc(C(=O)NNc2cccc(-c3nn(C)cc3Br)c2)cc1. The van der Waals surface area contributed by atoms with E-state index in [4.69, 9.17) is 4.74 Å². The van der Waals surface area contributed by atoms with Crippen molar-refractivity contribution < 1.29 is 9.53 Å². The summed E-state index contributed by atoms with van der Waals surface area (Å²) in [5, 5.41) is 4.42. The third kappa shape index (κ3) is 4.00. The number of hydrazine groups is 1. The van der Waals surface area contributed by atoms with E-state index >= 15 is 0 Å². The number of carbonyl (C=O) groups is 1. The molecule has 0 aliphatic carbocycles. The Morgan fingerprint density at radius 1 is 1.20 bits per heavy atom. The number of anilines is 1. The first kappa shape index (κ1) is 17.0. The Bertz CT molecular complexity index is 890. The predicted octanol–water partition coefficient (Wildman–Crippen LogP) is 3.62. The largest absolute Gasteiger partial charge is 0.497 e. The Kier molecular flexibility index (Phi) is 5.04. The number of carbonyl (C=O) groups excluding carboxylic acids is 1. The Morgan fingerprint density at radius 3 is 2.60 bits per heavy atom. The van der Waals surface area contributed by atoms with E-state index in [2.05, 4.69) is 31.9 Å². The van der Waals surface area contributed by atoms with E-state index in [-0.39, 0.29) is 5.91 Å². The Morgan fingerprint density at radius 2 is 1.96 bits per heavy atom. The molecule has 0 saturated carbocycles.